The van der Waals surface area contributed by atoms with E-state index >= 15 is 19.2 Å². The van der Waals surface area contributed by atoms with Crippen LogP contribution in [0.15, 0.2) is 139 Å². The molecule has 4 amide bonds. The van der Waals surface area contributed by atoms with Gasteiger partial charge >= 0.3 is 0 Å². The highest BCUT2D eigenvalue weighted by Gasteiger charge is 2.42. The Morgan fingerprint density at radius 2 is 0.688 bits per heavy atom. The van der Waals surface area contributed by atoms with Crippen molar-refractivity contribution in [1.29, 1.82) is 0 Å². The molecule has 394 valence electrons. The minimum atomic E-state index is -0.353. The highest BCUT2D eigenvalue weighted by atomic mass is 32.1. The van der Waals surface area contributed by atoms with Gasteiger partial charge < -0.3 is 0 Å². The summed E-state index contributed by atoms with van der Waals surface area (Å²) in [6.45, 7) is 18.9. The molecule has 0 spiro atoms. The Bertz CT molecular complexity index is 4560. The number of para-hydroxylation sites is 2. The van der Waals surface area contributed by atoms with Gasteiger partial charge in [-0.05, 0) is 175 Å². The van der Waals surface area contributed by atoms with E-state index in [0.29, 0.717) is 44.4 Å². The van der Waals surface area contributed by atoms with Crippen molar-refractivity contribution in [3.8, 4) is 49.5 Å². The summed E-state index contributed by atoms with van der Waals surface area (Å²) < 4.78 is 0. The third-order valence-electron chi connectivity index (χ3n) is 16.3. The number of hydrogen-bond acceptors (Lipinski definition) is 9. The zero-order valence-corrected chi connectivity index (χ0v) is 49.7. The number of fused-ring (bicyclic) bond motifs is 2. The predicted molar refractivity (Wildman–Crippen MR) is 340 cm³/mol. The van der Waals surface area contributed by atoms with Crippen molar-refractivity contribution in [3.63, 3.8) is 0 Å². The summed E-state index contributed by atoms with van der Waals surface area (Å²) in [5.41, 5.74) is 8.73. The second kappa shape index (κ2) is 18.9. The first-order chi connectivity index (χ1) is 38.6. The van der Waals surface area contributed by atoms with Gasteiger partial charge in [0, 0.05) is 82.5 Å². The number of benzene rings is 7. The van der Waals surface area contributed by atoms with Gasteiger partial charge in [0.25, 0.3) is 23.6 Å². The Hall–Kier alpha value is -7.38. The van der Waals surface area contributed by atoms with Crippen molar-refractivity contribution >= 4 is 135 Å². The summed E-state index contributed by atoms with van der Waals surface area (Å²) in [5.74, 6) is -1.19. The summed E-state index contributed by atoms with van der Waals surface area (Å²) >= 11 is 8.87. The maximum atomic E-state index is 15.8. The maximum Gasteiger partial charge on any atom is 0.266 e. The van der Waals surface area contributed by atoms with Crippen LogP contribution >= 0.6 is 56.7 Å². The molecule has 6 nitrogen and oxygen atoms in total. The van der Waals surface area contributed by atoms with E-state index in [-0.39, 0.29) is 47.3 Å². The fourth-order valence-electron chi connectivity index (χ4n) is 12.7. The van der Waals surface area contributed by atoms with E-state index in [0.717, 1.165) is 80.3 Å². The van der Waals surface area contributed by atoms with Gasteiger partial charge in [0.1, 0.15) is 0 Å². The summed E-state index contributed by atoms with van der Waals surface area (Å²) in [5, 5.41) is 8.55. The number of aryl methyl sites for hydroxylation is 1. The first kappa shape index (κ1) is 50.8. The van der Waals surface area contributed by atoms with Crippen LogP contribution in [0, 0.1) is 6.92 Å². The van der Waals surface area contributed by atoms with Crippen LogP contribution in [0.4, 0.5) is 11.4 Å². The zero-order chi connectivity index (χ0) is 55.3. The van der Waals surface area contributed by atoms with Gasteiger partial charge in [0.15, 0.2) is 0 Å². The van der Waals surface area contributed by atoms with Crippen LogP contribution in [0.1, 0.15) is 148 Å². The average molecular weight is 1140 g/mol. The van der Waals surface area contributed by atoms with Gasteiger partial charge in [-0.1, -0.05) is 110 Å². The molecule has 7 heterocycles. The molecule has 12 aromatic rings. The first-order valence-electron chi connectivity index (χ1n) is 27.3. The summed E-state index contributed by atoms with van der Waals surface area (Å²) in [6, 6.07) is 46.0. The lowest BCUT2D eigenvalue weighted by atomic mass is 9.79. The molecule has 2 aliphatic heterocycles. The Morgan fingerprint density at radius 3 is 1.10 bits per heavy atom. The highest BCUT2D eigenvalue weighted by Crippen LogP contribution is 2.54. The fraction of sp³-hybridized carbons (Fsp3) is 0.188. The van der Waals surface area contributed by atoms with E-state index in [1.807, 2.05) is 102 Å². The standard InChI is InChI=1S/C69H54N2O4S5/c1-33(2)38-13-10-14-39(34(3)4)64(38)70-66(72)44-21-19-43-59-46(49-22-23-52(77-49)53-26-27-56(79-53)57-29-28-55(80-57)54-25-24-51(78-54)50-17-12-30-76-50)32-48-61-45(20-18-42(63(59)61)58-37(9)31-47(68(70)74)60(44)62(43)58)67(73)71(69(48)75)65-40(35(5)6)15-11-16-41(65)36(7)8/h10-36H,1-9H3. The molecule has 0 atom stereocenters. The van der Waals surface area contributed by atoms with Crippen LogP contribution in [0.5, 0.6) is 0 Å². The number of imide groups is 2. The smallest absolute Gasteiger partial charge is 0.266 e. The van der Waals surface area contributed by atoms with Gasteiger partial charge in [0.2, 0.25) is 0 Å². The zero-order valence-electron chi connectivity index (χ0n) is 45.7. The normalized spacial score (nSPS) is 13.8. The SMILES string of the molecule is Cc1cc2c3c(ccc4c5c(-c6ccc(-c7ccc(-c8ccc(-c9ccc(-c%10cccs%10)s9)s8)s7)s6)cc6c7c(ccc(c1c34)c75)C(=O)N(c1c(C(C)C)cccc1C(C)C)C6=O)C(=O)N(c1c(C(C)C)cccc1C(C)C)C2=O. The van der Waals surface area contributed by atoms with Gasteiger partial charge in [-0.15, -0.1) is 56.7 Å². The molecule has 0 saturated carbocycles. The Labute approximate surface area is 484 Å². The minimum absolute atomic E-state index is 0.0428. The van der Waals surface area contributed by atoms with Gasteiger partial charge in [-0.25, -0.2) is 9.80 Å². The van der Waals surface area contributed by atoms with E-state index in [2.05, 4.69) is 121 Å². The van der Waals surface area contributed by atoms with Crippen molar-refractivity contribution in [2.24, 2.45) is 0 Å². The fourth-order valence-corrected chi connectivity index (χ4v) is 17.8. The molecule has 0 saturated heterocycles. The molecule has 80 heavy (non-hydrogen) atoms. The molecule has 14 rings (SSSR count). The van der Waals surface area contributed by atoms with Gasteiger partial charge in [-0.3, -0.25) is 19.2 Å². The number of rotatable bonds is 11. The van der Waals surface area contributed by atoms with Crippen LogP contribution in [0.25, 0.3) is 92.5 Å². The summed E-state index contributed by atoms with van der Waals surface area (Å²) in [6.07, 6.45) is 0. The number of thiophene rings is 5. The van der Waals surface area contributed by atoms with Gasteiger partial charge in [-0.2, -0.15) is 0 Å². The van der Waals surface area contributed by atoms with E-state index in [1.165, 1.54) is 39.1 Å². The van der Waals surface area contributed by atoms with Crippen molar-refractivity contribution in [2.45, 2.75) is 86.0 Å². The van der Waals surface area contributed by atoms with E-state index in [9.17, 15) is 0 Å². The molecular formula is C69H54N2O4S5. The lowest BCUT2D eigenvalue weighted by Crippen LogP contribution is -2.42. The van der Waals surface area contributed by atoms with Crippen LogP contribution in [-0.4, -0.2) is 23.6 Å². The first-order valence-corrected chi connectivity index (χ1v) is 31.5. The molecule has 7 aromatic carbocycles. The number of carbonyl (C=O) groups excluding carboxylic acids is 4. The van der Waals surface area contributed by atoms with Crippen LogP contribution in [0.2, 0.25) is 0 Å². The Balaban J connectivity index is 0.977. The molecule has 0 fully saturated rings. The predicted octanol–water partition coefficient (Wildman–Crippen LogP) is 20.8. The number of anilines is 2. The highest BCUT2D eigenvalue weighted by molar-refractivity contribution is 7.30. The summed E-state index contributed by atoms with van der Waals surface area (Å²) in [4.78, 5) is 75.6. The Morgan fingerprint density at radius 1 is 0.325 bits per heavy atom. The molecule has 0 aliphatic carbocycles. The van der Waals surface area contributed by atoms with Crippen molar-refractivity contribution in [2.75, 3.05) is 9.80 Å². The second-order valence-electron chi connectivity index (χ2n) is 22.5. The summed E-state index contributed by atoms with van der Waals surface area (Å²) in [7, 11) is 0. The van der Waals surface area contributed by atoms with Crippen molar-refractivity contribution < 1.29 is 19.2 Å². The topological polar surface area (TPSA) is 74.8 Å². The molecule has 0 unspecified atom stereocenters. The average Bonchev–Trinajstić information content (AvgIpc) is 4.32. The number of amides is 4. The maximum absolute atomic E-state index is 15.8. The molecule has 5 aromatic heterocycles. The van der Waals surface area contributed by atoms with E-state index < -0.39 is 0 Å². The minimum Gasteiger partial charge on any atom is -0.268 e. The molecule has 0 radical (unpaired) electrons. The second-order valence-corrected chi connectivity index (χ2v) is 27.8. The van der Waals surface area contributed by atoms with Crippen LogP contribution < -0.4 is 9.80 Å². The van der Waals surface area contributed by atoms with E-state index in [1.54, 1.807) is 34.0 Å². The lowest BCUT2D eigenvalue weighted by Gasteiger charge is -2.34. The van der Waals surface area contributed by atoms with Gasteiger partial charge in [0.05, 0.1) is 11.4 Å². The van der Waals surface area contributed by atoms with Crippen LogP contribution in [-0.2, 0) is 0 Å². The van der Waals surface area contributed by atoms with Crippen molar-refractivity contribution in [3.05, 3.63) is 189 Å². The third kappa shape index (κ3) is 7.50. The number of hydrogen-bond donors (Lipinski definition) is 0. The largest absolute Gasteiger partial charge is 0.268 e. The quantitative estimate of drug-likeness (QED) is 0.0735. The molecule has 0 N–H and O–H groups in total. The molecule has 2 aliphatic rings. The Kier molecular flexibility index (Phi) is 12.0. The molecule has 0 bridgehead atoms. The molecule has 11 heteroatoms. The number of carbonyl (C=O) groups is 4. The van der Waals surface area contributed by atoms with Crippen molar-refractivity contribution in [1.82, 2.24) is 0 Å². The molecular weight excluding hydrogens is 1080 g/mol. The number of nitrogens with zero attached hydrogens (tertiary/aromatic N) is 2. The monoisotopic (exact) mass is 1130 g/mol. The van der Waals surface area contributed by atoms with E-state index in [4.69, 9.17) is 0 Å². The van der Waals surface area contributed by atoms with Crippen LogP contribution in [0.3, 0.4) is 0 Å². The lowest BCUT2D eigenvalue weighted by molar-refractivity contribution is 0.0877. The third-order valence-corrected chi connectivity index (χ3v) is 22.4.